The second-order valence-corrected chi connectivity index (χ2v) is 4.75. The van der Waals surface area contributed by atoms with E-state index in [1.165, 1.54) is 7.11 Å². The first-order valence-corrected chi connectivity index (χ1v) is 6.74. The van der Waals surface area contributed by atoms with Crippen LogP contribution in [0.5, 0.6) is 0 Å². The number of hydrogen-bond donors (Lipinski definition) is 2. The van der Waals surface area contributed by atoms with Gasteiger partial charge in [0.25, 0.3) is 0 Å². The van der Waals surface area contributed by atoms with Crippen LogP contribution in [0.3, 0.4) is 0 Å². The molecular formula is C15H22N2O4. The Balaban J connectivity index is 2.66. The molecule has 0 saturated carbocycles. The second kappa shape index (κ2) is 8.39. The summed E-state index contributed by atoms with van der Waals surface area (Å²) in [5.41, 5.74) is 7.66. The molecule has 1 aromatic carbocycles. The molecule has 21 heavy (non-hydrogen) atoms. The minimum Gasteiger partial charge on any atom is -0.465 e. The maximum atomic E-state index is 12.0. The highest BCUT2D eigenvalue weighted by molar-refractivity contribution is 5.96. The highest BCUT2D eigenvalue weighted by atomic mass is 16.5. The Hall–Kier alpha value is -1.92. The van der Waals surface area contributed by atoms with Crippen LogP contribution in [-0.2, 0) is 14.3 Å². The van der Waals surface area contributed by atoms with E-state index < -0.39 is 12.0 Å². The standard InChI is InChI=1S/C15H22N2O4/c1-10-9-11(15(19)21-3)6-7-13(10)17-14(18)12(16)5-4-8-20-2/h6-7,9,12H,4-5,8,16H2,1-3H3,(H,17,18). The van der Waals surface area contributed by atoms with Gasteiger partial charge in [0, 0.05) is 19.4 Å². The van der Waals surface area contributed by atoms with Crippen molar-refractivity contribution in [3.8, 4) is 0 Å². The topological polar surface area (TPSA) is 90.6 Å². The number of esters is 1. The fraction of sp³-hybridized carbons (Fsp3) is 0.467. The Morgan fingerprint density at radius 2 is 2.05 bits per heavy atom. The second-order valence-electron chi connectivity index (χ2n) is 4.75. The first kappa shape index (κ1) is 17.1. The number of anilines is 1. The van der Waals surface area contributed by atoms with Gasteiger partial charge in [-0.3, -0.25) is 4.79 Å². The van der Waals surface area contributed by atoms with E-state index in [2.05, 4.69) is 10.1 Å². The van der Waals surface area contributed by atoms with Gasteiger partial charge in [-0.25, -0.2) is 4.79 Å². The van der Waals surface area contributed by atoms with Gasteiger partial charge in [0.2, 0.25) is 5.91 Å². The normalized spacial score (nSPS) is 11.8. The number of nitrogens with two attached hydrogens (primary N) is 1. The van der Waals surface area contributed by atoms with Gasteiger partial charge >= 0.3 is 5.97 Å². The molecule has 1 amide bonds. The lowest BCUT2D eigenvalue weighted by molar-refractivity contribution is -0.117. The molecule has 0 aliphatic heterocycles. The fourth-order valence-corrected chi connectivity index (χ4v) is 1.85. The van der Waals surface area contributed by atoms with Crippen molar-refractivity contribution in [3.63, 3.8) is 0 Å². The minimum absolute atomic E-state index is 0.250. The van der Waals surface area contributed by atoms with E-state index in [0.717, 1.165) is 12.0 Å². The Labute approximate surface area is 124 Å². The van der Waals surface area contributed by atoms with Gasteiger partial charge in [0.15, 0.2) is 0 Å². The zero-order valence-electron chi connectivity index (χ0n) is 12.6. The number of methoxy groups -OCH3 is 2. The van der Waals surface area contributed by atoms with Gasteiger partial charge in [0.1, 0.15) is 0 Å². The zero-order valence-corrected chi connectivity index (χ0v) is 12.6. The van der Waals surface area contributed by atoms with E-state index in [-0.39, 0.29) is 5.91 Å². The predicted molar refractivity (Wildman–Crippen MR) is 80.2 cm³/mol. The molecule has 0 saturated heterocycles. The van der Waals surface area contributed by atoms with Gasteiger partial charge in [-0.2, -0.15) is 0 Å². The molecule has 0 fully saturated rings. The number of carbonyl (C=O) groups excluding carboxylic acids is 2. The van der Waals surface area contributed by atoms with Crippen molar-refractivity contribution >= 4 is 17.6 Å². The maximum absolute atomic E-state index is 12.0. The number of rotatable bonds is 7. The van der Waals surface area contributed by atoms with Crippen molar-refractivity contribution in [2.75, 3.05) is 26.1 Å². The number of ether oxygens (including phenoxy) is 2. The Kier molecular flexibility index (Phi) is 6.84. The molecule has 0 bridgehead atoms. The quantitative estimate of drug-likeness (QED) is 0.587. The van der Waals surface area contributed by atoms with Crippen LogP contribution >= 0.6 is 0 Å². The Bertz CT molecular complexity index is 502. The van der Waals surface area contributed by atoms with E-state index in [0.29, 0.717) is 24.3 Å². The number of aryl methyl sites for hydroxylation is 1. The molecule has 6 heteroatoms. The molecular weight excluding hydrogens is 272 g/mol. The van der Waals surface area contributed by atoms with Crippen LogP contribution in [0.15, 0.2) is 18.2 Å². The summed E-state index contributed by atoms with van der Waals surface area (Å²) >= 11 is 0. The van der Waals surface area contributed by atoms with Crippen LogP contribution < -0.4 is 11.1 Å². The van der Waals surface area contributed by atoms with E-state index in [9.17, 15) is 9.59 Å². The molecule has 1 rings (SSSR count). The highest BCUT2D eigenvalue weighted by Crippen LogP contribution is 2.17. The zero-order chi connectivity index (χ0) is 15.8. The molecule has 3 N–H and O–H groups in total. The summed E-state index contributed by atoms with van der Waals surface area (Å²) in [6.45, 7) is 2.38. The van der Waals surface area contributed by atoms with Crippen molar-refractivity contribution in [3.05, 3.63) is 29.3 Å². The van der Waals surface area contributed by atoms with Crippen LogP contribution in [0.4, 0.5) is 5.69 Å². The lowest BCUT2D eigenvalue weighted by Crippen LogP contribution is -2.35. The number of hydrogen-bond acceptors (Lipinski definition) is 5. The lowest BCUT2D eigenvalue weighted by Gasteiger charge is -2.14. The molecule has 1 unspecified atom stereocenters. The summed E-state index contributed by atoms with van der Waals surface area (Å²) in [5, 5.41) is 2.76. The van der Waals surface area contributed by atoms with E-state index in [4.69, 9.17) is 10.5 Å². The molecule has 0 spiro atoms. The molecule has 1 aromatic rings. The van der Waals surface area contributed by atoms with Crippen LogP contribution in [0.2, 0.25) is 0 Å². The number of nitrogens with one attached hydrogen (secondary N) is 1. The Morgan fingerprint density at radius 1 is 1.33 bits per heavy atom. The van der Waals surface area contributed by atoms with E-state index >= 15 is 0 Å². The van der Waals surface area contributed by atoms with Crippen LogP contribution in [-0.4, -0.2) is 38.7 Å². The molecule has 0 heterocycles. The lowest BCUT2D eigenvalue weighted by atomic mass is 10.1. The van der Waals surface area contributed by atoms with Gasteiger partial charge < -0.3 is 20.5 Å². The molecule has 0 aromatic heterocycles. The summed E-state index contributed by atoms with van der Waals surface area (Å²) in [5.74, 6) is -0.660. The average Bonchev–Trinajstić information content (AvgIpc) is 2.48. The van der Waals surface area contributed by atoms with Crippen LogP contribution in [0.1, 0.15) is 28.8 Å². The van der Waals surface area contributed by atoms with Crippen molar-refractivity contribution in [2.24, 2.45) is 5.73 Å². The van der Waals surface area contributed by atoms with Gasteiger partial charge in [-0.05, 0) is 43.5 Å². The van der Waals surface area contributed by atoms with Crippen LogP contribution in [0, 0.1) is 6.92 Å². The predicted octanol–water partition coefficient (Wildman–Crippen LogP) is 1.47. The third-order valence-electron chi connectivity index (χ3n) is 3.11. The van der Waals surface area contributed by atoms with E-state index in [1.54, 1.807) is 32.2 Å². The molecule has 0 aliphatic rings. The number of amides is 1. The first-order chi connectivity index (χ1) is 9.99. The van der Waals surface area contributed by atoms with Gasteiger partial charge in [-0.15, -0.1) is 0 Å². The largest absolute Gasteiger partial charge is 0.465 e. The molecule has 1 atom stereocenters. The molecule has 6 nitrogen and oxygen atoms in total. The molecule has 0 radical (unpaired) electrons. The summed E-state index contributed by atoms with van der Waals surface area (Å²) in [7, 11) is 2.93. The third kappa shape index (κ3) is 5.17. The van der Waals surface area contributed by atoms with Crippen molar-refractivity contribution in [1.29, 1.82) is 0 Å². The smallest absolute Gasteiger partial charge is 0.337 e. The summed E-state index contributed by atoms with van der Waals surface area (Å²) in [4.78, 5) is 23.4. The molecule has 0 aliphatic carbocycles. The summed E-state index contributed by atoms with van der Waals surface area (Å²) in [6, 6.07) is 4.35. The van der Waals surface area contributed by atoms with Crippen molar-refractivity contribution < 1.29 is 19.1 Å². The van der Waals surface area contributed by atoms with E-state index in [1.807, 2.05) is 0 Å². The monoisotopic (exact) mass is 294 g/mol. The minimum atomic E-state index is -0.583. The fourth-order valence-electron chi connectivity index (χ4n) is 1.85. The summed E-state index contributed by atoms with van der Waals surface area (Å²) < 4.78 is 9.57. The summed E-state index contributed by atoms with van der Waals surface area (Å²) in [6.07, 6.45) is 1.28. The van der Waals surface area contributed by atoms with Crippen molar-refractivity contribution in [2.45, 2.75) is 25.8 Å². The number of carbonyl (C=O) groups is 2. The number of benzene rings is 1. The third-order valence-corrected chi connectivity index (χ3v) is 3.11. The SMILES string of the molecule is COCCCC(N)C(=O)Nc1ccc(C(=O)OC)cc1C. The molecule has 116 valence electrons. The highest BCUT2D eigenvalue weighted by Gasteiger charge is 2.15. The first-order valence-electron chi connectivity index (χ1n) is 6.74. The maximum Gasteiger partial charge on any atom is 0.337 e. The average molecular weight is 294 g/mol. The Morgan fingerprint density at radius 3 is 2.62 bits per heavy atom. The van der Waals surface area contributed by atoms with Crippen LogP contribution in [0.25, 0.3) is 0 Å². The van der Waals surface area contributed by atoms with Gasteiger partial charge in [-0.1, -0.05) is 0 Å². The van der Waals surface area contributed by atoms with Crippen molar-refractivity contribution in [1.82, 2.24) is 0 Å². The van der Waals surface area contributed by atoms with Gasteiger partial charge in [0.05, 0.1) is 18.7 Å².